The Morgan fingerprint density at radius 3 is 2.44 bits per heavy atom. The Kier molecular flexibility index (Phi) is 3.51. The van der Waals surface area contributed by atoms with Gasteiger partial charge >= 0.3 is 6.01 Å². The molecule has 2 rings (SSSR count). The van der Waals surface area contributed by atoms with Crippen LogP contribution in [-0.4, -0.2) is 45.4 Å². The van der Waals surface area contributed by atoms with Crippen LogP contribution in [-0.2, 0) is 0 Å². The quantitative estimate of drug-likeness (QED) is 0.685. The lowest BCUT2D eigenvalue weighted by molar-refractivity contribution is 0.222. The Hall–Kier alpha value is -1.63. The summed E-state index contributed by atoms with van der Waals surface area (Å²) in [6, 6.07) is 0.278. The Morgan fingerprint density at radius 1 is 1.28 bits per heavy atom. The molecular weight excluding hydrogens is 234 g/mol. The number of aliphatic hydroxyl groups is 1. The van der Waals surface area contributed by atoms with Crippen LogP contribution in [0, 0.1) is 0 Å². The lowest BCUT2D eigenvalue weighted by Gasteiger charge is -2.15. The van der Waals surface area contributed by atoms with Gasteiger partial charge in [-0.2, -0.15) is 15.0 Å². The molecule has 100 valence electrons. The Morgan fingerprint density at radius 2 is 1.94 bits per heavy atom. The third-order valence-corrected chi connectivity index (χ3v) is 2.71. The third kappa shape index (κ3) is 2.98. The number of nitrogens with zero attached hydrogens (tertiary/aromatic N) is 3. The van der Waals surface area contributed by atoms with E-state index in [0.717, 1.165) is 12.8 Å². The van der Waals surface area contributed by atoms with Crippen LogP contribution in [0.5, 0.6) is 6.01 Å². The van der Waals surface area contributed by atoms with Crippen LogP contribution in [0.2, 0.25) is 0 Å². The molecule has 0 radical (unpaired) electrons. The van der Waals surface area contributed by atoms with Gasteiger partial charge < -0.3 is 20.5 Å². The van der Waals surface area contributed by atoms with Crippen molar-refractivity contribution in [3.8, 4) is 6.01 Å². The van der Waals surface area contributed by atoms with Gasteiger partial charge in [0.15, 0.2) is 0 Å². The van der Waals surface area contributed by atoms with E-state index >= 15 is 0 Å². The molecule has 1 fully saturated rings. The molecule has 1 heterocycles. The largest absolute Gasteiger partial charge is 0.461 e. The molecule has 0 aliphatic heterocycles. The fraction of sp³-hybridized carbons (Fsp3) is 0.727. The molecule has 18 heavy (non-hydrogen) atoms. The average Bonchev–Trinajstić information content (AvgIpc) is 3.08. The van der Waals surface area contributed by atoms with E-state index < -0.39 is 0 Å². The first-order valence-electron chi connectivity index (χ1n) is 6.06. The standard InChI is InChI=1S/C11H19N5O2/c1-7(2)18-10-14-8(12-3)13-9(15-10)16-11(6-17)4-5-11/h7,17H,4-6H2,1-3H3,(H2,12,13,14,15,16). The van der Waals surface area contributed by atoms with E-state index in [1.165, 1.54) is 0 Å². The van der Waals surface area contributed by atoms with Crippen molar-refractivity contribution in [3.63, 3.8) is 0 Å². The molecule has 0 atom stereocenters. The normalized spacial score (nSPS) is 16.5. The van der Waals surface area contributed by atoms with Gasteiger partial charge in [-0.1, -0.05) is 0 Å². The van der Waals surface area contributed by atoms with Gasteiger partial charge in [-0.15, -0.1) is 0 Å². The van der Waals surface area contributed by atoms with Crippen molar-refractivity contribution in [2.75, 3.05) is 24.3 Å². The van der Waals surface area contributed by atoms with Gasteiger partial charge in [-0.05, 0) is 26.7 Å². The van der Waals surface area contributed by atoms with E-state index in [9.17, 15) is 5.11 Å². The van der Waals surface area contributed by atoms with Crippen molar-refractivity contribution in [2.24, 2.45) is 0 Å². The zero-order chi connectivity index (χ0) is 13.2. The summed E-state index contributed by atoms with van der Waals surface area (Å²) < 4.78 is 5.46. The zero-order valence-electron chi connectivity index (χ0n) is 10.9. The van der Waals surface area contributed by atoms with E-state index in [2.05, 4.69) is 25.6 Å². The van der Waals surface area contributed by atoms with Gasteiger partial charge in [0.05, 0.1) is 18.2 Å². The number of hydrogen-bond acceptors (Lipinski definition) is 7. The molecule has 0 spiro atoms. The Labute approximate surface area is 106 Å². The van der Waals surface area contributed by atoms with Crippen LogP contribution in [0.15, 0.2) is 0 Å². The summed E-state index contributed by atoms with van der Waals surface area (Å²) in [6.45, 7) is 3.89. The van der Waals surface area contributed by atoms with E-state index in [1.54, 1.807) is 7.05 Å². The molecule has 0 bridgehead atoms. The Bertz CT molecular complexity index is 420. The summed E-state index contributed by atoms with van der Waals surface area (Å²) in [5.74, 6) is 0.869. The van der Waals surface area contributed by atoms with Gasteiger partial charge in [0.25, 0.3) is 0 Å². The molecule has 7 nitrogen and oxygen atoms in total. The second kappa shape index (κ2) is 4.93. The van der Waals surface area contributed by atoms with Crippen LogP contribution >= 0.6 is 0 Å². The van der Waals surface area contributed by atoms with E-state index in [4.69, 9.17) is 4.74 Å². The van der Waals surface area contributed by atoms with Gasteiger partial charge in [0.1, 0.15) is 0 Å². The number of ether oxygens (including phenoxy) is 1. The molecule has 1 aliphatic carbocycles. The number of anilines is 2. The first kappa shape index (κ1) is 12.8. The zero-order valence-corrected chi connectivity index (χ0v) is 10.9. The minimum Gasteiger partial charge on any atom is -0.461 e. The molecule has 1 aromatic rings. The van der Waals surface area contributed by atoms with Crippen LogP contribution in [0.25, 0.3) is 0 Å². The summed E-state index contributed by atoms with van der Waals surface area (Å²) in [6.07, 6.45) is 1.84. The van der Waals surface area contributed by atoms with Crippen LogP contribution in [0.4, 0.5) is 11.9 Å². The van der Waals surface area contributed by atoms with Gasteiger partial charge in [0, 0.05) is 7.05 Å². The van der Waals surface area contributed by atoms with Crippen molar-refractivity contribution in [1.29, 1.82) is 0 Å². The second-order valence-electron chi connectivity index (χ2n) is 4.75. The van der Waals surface area contributed by atoms with Crippen LogP contribution in [0.1, 0.15) is 26.7 Å². The van der Waals surface area contributed by atoms with E-state index in [-0.39, 0.29) is 24.3 Å². The number of nitrogens with one attached hydrogen (secondary N) is 2. The Balaban J connectivity index is 2.18. The first-order chi connectivity index (χ1) is 8.57. The fourth-order valence-corrected chi connectivity index (χ4v) is 1.50. The van der Waals surface area contributed by atoms with Crippen LogP contribution in [0.3, 0.4) is 0 Å². The number of hydrogen-bond donors (Lipinski definition) is 3. The van der Waals surface area contributed by atoms with E-state index in [1.807, 2.05) is 13.8 Å². The monoisotopic (exact) mass is 253 g/mol. The van der Waals surface area contributed by atoms with Crippen molar-refractivity contribution in [2.45, 2.75) is 38.3 Å². The number of aliphatic hydroxyl groups excluding tert-OH is 1. The summed E-state index contributed by atoms with van der Waals surface area (Å²) in [5, 5.41) is 15.3. The van der Waals surface area contributed by atoms with Gasteiger partial charge in [0.2, 0.25) is 11.9 Å². The fourth-order valence-electron chi connectivity index (χ4n) is 1.50. The molecule has 0 aromatic carbocycles. The molecule has 0 saturated heterocycles. The van der Waals surface area contributed by atoms with Crippen LogP contribution < -0.4 is 15.4 Å². The summed E-state index contributed by atoms with van der Waals surface area (Å²) in [7, 11) is 1.73. The number of aromatic nitrogens is 3. The highest BCUT2D eigenvalue weighted by atomic mass is 16.5. The molecule has 1 saturated carbocycles. The SMILES string of the molecule is CNc1nc(NC2(CO)CC2)nc(OC(C)C)n1. The molecule has 0 unspecified atom stereocenters. The molecule has 1 aromatic heterocycles. The minimum atomic E-state index is -0.262. The first-order valence-corrected chi connectivity index (χ1v) is 6.06. The molecule has 1 aliphatic rings. The summed E-state index contributed by atoms with van der Waals surface area (Å²) in [5.41, 5.74) is -0.262. The predicted molar refractivity (Wildman–Crippen MR) is 67.8 cm³/mol. The van der Waals surface area contributed by atoms with Gasteiger partial charge in [-0.3, -0.25) is 0 Å². The molecule has 7 heteroatoms. The maximum atomic E-state index is 9.28. The topological polar surface area (TPSA) is 92.2 Å². The van der Waals surface area contributed by atoms with Crippen molar-refractivity contribution in [1.82, 2.24) is 15.0 Å². The lowest BCUT2D eigenvalue weighted by Crippen LogP contribution is -2.27. The van der Waals surface area contributed by atoms with E-state index in [0.29, 0.717) is 11.9 Å². The summed E-state index contributed by atoms with van der Waals surface area (Å²) in [4.78, 5) is 12.5. The highest BCUT2D eigenvalue weighted by molar-refractivity contribution is 5.39. The van der Waals surface area contributed by atoms with Crippen molar-refractivity contribution >= 4 is 11.9 Å². The maximum Gasteiger partial charge on any atom is 0.323 e. The lowest BCUT2D eigenvalue weighted by atomic mass is 10.3. The molecular formula is C11H19N5O2. The maximum absolute atomic E-state index is 9.28. The smallest absolute Gasteiger partial charge is 0.323 e. The highest BCUT2D eigenvalue weighted by Gasteiger charge is 2.42. The third-order valence-electron chi connectivity index (χ3n) is 2.71. The molecule has 3 N–H and O–H groups in total. The summed E-state index contributed by atoms with van der Waals surface area (Å²) >= 11 is 0. The van der Waals surface area contributed by atoms with Crippen molar-refractivity contribution in [3.05, 3.63) is 0 Å². The highest BCUT2D eigenvalue weighted by Crippen LogP contribution is 2.37. The van der Waals surface area contributed by atoms with Gasteiger partial charge in [-0.25, -0.2) is 0 Å². The minimum absolute atomic E-state index is 0.00215. The number of rotatable bonds is 6. The second-order valence-corrected chi connectivity index (χ2v) is 4.75. The average molecular weight is 253 g/mol. The van der Waals surface area contributed by atoms with Crippen molar-refractivity contribution < 1.29 is 9.84 Å². The molecule has 0 amide bonds. The predicted octanol–water partition coefficient (Wildman–Crippen LogP) is 0.637.